The lowest BCUT2D eigenvalue weighted by atomic mass is 10.1. The molecule has 0 spiro atoms. The molecule has 0 aliphatic carbocycles. The average molecular weight is 364 g/mol. The summed E-state index contributed by atoms with van der Waals surface area (Å²) in [6.45, 7) is 3.73. The van der Waals surface area contributed by atoms with Crippen LogP contribution in [0, 0.1) is 0 Å². The van der Waals surface area contributed by atoms with Gasteiger partial charge in [0.15, 0.2) is 0 Å². The monoisotopic (exact) mass is 364 g/mol. The van der Waals surface area contributed by atoms with E-state index < -0.39 is 10.0 Å². The second-order valence-electron chi connectivity index (χ2n) is 6.64. The predicted octanol–water partition coefficient (Wildman–Crippen LogP) is 1.43. The number of nitrogens with one attached hydrogen (secondary N) is 1. The van der Waals surface area contributed by atoms with Crippen molar-refractivity contribution in [3.63, 3.8) is 0 Å². The number of hydrogen-bond acceptors (Lipinski definition) is 5. The van der Waals surface area contributed by atoms with E-state index in [1.807, 2.05) is 24.1 Å². The van der Waals surface area contributed by atoms with Crippen LogP contribution in [0.5, 0.6) is 0 Å². The molecule has 25 heavy (non-hydrogen) atoms. The number of amides is 1. The van der Waals surface area contributed by atoms with Gasteiger partial charge in [-0.05, 0) is 44.0 Å². The van der Waals surface area contributed by atoms with Gasteiger partial charge in [-0.3, -0.25) is 9.80 Å². The van der Waals surface area contributed by atoms with Crippen molar-refractivity contribution in [1.29, 1.82) is 0 Å². The number of rotatable bonds is 5. The molecule has 136 valence electrons. The lowest BCUT2D eigenvalue weighted by Crippen LogP contribution is -2.42. The highest BCUT2D eigenvalue weighted by Crippen LogP contribution is 2.21. The number of nitrogens with zero attached hydrogens (tertiary/aromatic N) is 3. The van der Waals surface area contributed by atoms with Crippen LogP contribution in [0.4, 0.5) is 5.69 Å². The van der Waals surface area contributed by atoms with Gasteiger partial charge < -0.3 is 5.32 Å². The van der Waals surface area contributed by atoms with Crippen molar-refractivity contribution in [2.45, 2.75) is 32.2 Å². The van der Waals surface area contributed by atoms with Crippen molar-refractivity contribution >= 4 is 27.3 Å². The average Bonchev–Trinajstić information content (AvgIpc) is 3.21. The SMILES string of the molecule is CC1=NN(c2ccc(C(=O)NC[C@H]3CCCN3S(C)(=O)=O)cc2)CC1. The zero-order chi connectivity index (χ0) is 18.0. The zero-order valence-electron chi connectivity index (χ0n) is 14.6. The first-order valence-electron chi connectivity index (χ1n) is 8.51. The molecule has 2 aliphatic rings. The summed E-state index contributed by atoms with van der Waals surface area (Å²) in [5.41, 5.74) is 2.63. The molecule has 1 fully saturated rings. The lowest BCUT2D eigenvalue weighted by Gasteiger charge is -2.22. The van der Waals surface area contributed by atoms with E-state index in [1.54, 1.807) is 12.1 Å². The summed E-state index contributed by atoms with van der Waals surface area (Å²) in [5, 5.41) is 9.22. The Morgan fingerprint density at radius 3 is 2.60 bits per heavy atom. The highest BCUT2D eigenvalue weighted by atomic mass is 32.2. The van der Waals surface area contributed by atoms with Gasteiger partial charge in [0.1, 0.15) is 0 Å². The van der Waals surface area contributed by atoms with Crippen LogP contribution in [0.3, 0.4) is 0 Å². The third kappa shape index (κ3) is 4.19. The first-order chi connectivity index (χ1) is 11.8. The minimum atomic E-state index is -3.22. The van der Waals surface area contributed by atoms with E-state index in [1.165, 1.54) is 10.6 Å². The van der Waals surface area contributed by atoms with Crippen LogP contribution < -0.4 is 10.3 Å². The quantitative estimate of drug-likeness (QED) is 0.857. The first-order valence-corrected chi connectivity index (χ1v) is 10.4. The van der Waals surface area contributed by atoms with Gasteiger partial charge in [0.05, 0.1) is 11.9 Å². The molecule has 0 radical (unpaired) electrons. The van der Waals surface area contributed by atoms with Gasteiger partial charge in [-0.15, -0.1) is 0 Å². The molecule has 1 atom stereocenters. The minimum absolute atomic E-state index is 0.153. The number of carbonyl (C=O) groups excluding carboxylic acids is 1. The molecule has 8 heteroatoms. The van der Waals surface area contributed by atoms with E-state index in [4.69, 9.17) is 0 Å². The Balaban J connectivity index is 1.58. The van der Waals surface area contributed by atoms with Crippen LogP contribution in [0.15, 0.2) is 29.4 Å². The molecule has 0 saturated carbocycles. The zero-order valence-corrected chi connectivity index (χ0v) is 15.4. The second kappa shape index (κ2) is 7.13. The van der Waals surface area contributed by atoms with Crippen LogP contribution in [-0.2, 0) is 10.0 Å². The van der Waals surface area contributed by atoms with Gasteiger partial charge in [-0.1, -0.05) is 0 Å². The maximum atomic E-state index is 12.3. The summed E-state index contributed by atoms with van der Waals surface area (Å²) in [7, 11) is -3.22. The summed E-state index contributed by atoms with van der Waals surface area (Å²) in [4.78, 5) is 12.3. The number of sulfonamides is 1. The van der Waals surface area contributed by atoms with Gasteiger partial charge >= 0.3 is 0 Å². The maximum Gasteiger partial charge on any atom is 0.251 e. The molecular weight excluding hydrogens is 340 g/mol. The lowest BCUT2D eigenvalue weighted by molar-refractivity contribution is 0.0946. The largest absolute Gasteiger partial charge is 0.350 e. The Morgan fingerprint density at radius 1 is 1.28 bits per heavy atom. The molecule has 0 bridgehead atoms. The molecular formula is C17H24N4O3S. The van der Waals surface area contributed by atoms with Gasteiger partial charge in [-0.2, -0.15) is 9.41 Å². The van der Waals surface area contributed by atoms with E-state index in [2.05, 4.69) is 10.4 Å². The van der Waals surface area contributed by atoms with E-state index in [0.717, 1.165) is 37.2 Å². The van der Waals surface area contributed by atoms with Gasteiger partial charge in [0.25, 0.3) is 5.91 Å². The van der Waals surface area contributed by atoms with Crippen LogP contribution >= 0.6 is 0 Å². The second-order valence-corrected chi connectivity index (χ2v) is 8.57. The van der Waals surface area contributed by atoms with E-state index in [-0.39, 0.29) is 11.9 Å². The Morgan fingerprint density at radius 2 is 2.00 bits per heavy atom. The Labute approximate surface area is 148 Å². The molecule has 1 N–H and O–H groups in total. The summed E-state index contributed by atoms with van der Waals surface area (Å²) < 4.78 is 25.0. The van der Waals surface area contributed by atoms with Crippen molar-refractivity contribution in [3.05, 3.63) is 29.8 Å². The first kappa shape index (κ1) is 17.9. The smallest absolute Gasteiger partial charge is 0.251 e. The number of benzene rings is 1. The van der Waals surface area contributed by atoms with E-state index >= 15 is 0 Å². The fourth-order valence-electron chi connectivity index (χ4n) is 3.31. The predicted molar refractivity (Wildman–Crippen MR) is 98.4 cm³/mol. The molecule has 1 aromatic rings. The molecule has 1 amide bonds. The van der Waals surface area contributed by atoms with Crippen molar-refractivity contribution in [2.24, 2.45) is 5.10 Å². The summed E-state index contributed by atoms with van der Waals surface area (Å²) >= 11 is 0. The third-order valence-corrected chi connectivity index (χ3v) is 5.98. The van der Waals surface area contributed by atoms with Crippen molar-refractivity contribution in [2.75, 3.05) is 30.9 Å². The van der Waals surface area contributed by atoms with Crippen LogP contribution in [-0.4, -0.2) is 56.3 Å². The topological polar surface area (TPSA) is 82.1 Å². The fraction of sp³-hybridized carbons (Fsp3) is 0.529. The van der Waals surface area contributed by atoms with Crippen molar-refractivity contribution < 1.29 is 13.2 Å². The molecule has 3 rings (SSSR count). The molecule has 2 aliphatic heterocycles. The highest BCUT2D eigenvalue weighted by Gasteiger charge is 2.31. The van der Waals surface area contributed by atoms with Crippen LogP contribution in [0.1, 0.15) is 36.5 Å². The Bertz CT molecular complexity index is 774. The summed E-state index contributed by atoms with van der Waals surface area (Å²) in [6.07, 6.45) is 3.78. The van der Waals surface area contributed by atoms with E-state index in [0.29, 0.717) is 18.7 Å². The normalized spacial score (nSPS) is 21.4. The highest BCUT2D eigenvalue weighted by molar-refractivity contribution is 7.88. The molecule has 1 aromatic carbocycles. The number of hydrazone groups is 1. The fourth-order valence-corrected chi connectivity index (χ4v) is 4.49. The molecule has 7 nitrogen and oxygen atoms in total. The van der Waals surface area contributed by atoms with Crippen molar-refractivity contribution in [3.8, 4) is 0 Å². The van der Waals surface area contributed by atoms with Gasteiger partial charge in [0, 0.05) is 43.4 Å². The number of hydrogen-bond donors (Lipinski definition) is 1. The van der Waals surface area contributed by atoms with E-state index in [9.17, 15) is 13.2 Å². The standard InChI is InChI=1S/C17H24N4O3S/c1-13-9-11-20(19-13)15-7-5-14(6-8-15)17(22)18-12-16-4-3-10-21(16)25(2,23)24/h5-8,16H,3-4,9-12H2,1-2H3,(H,18,22)/t16-/m1/s1. The number of anilines is 1. The van der Waals surface area contributed by atoms with Gasteiger partial charge in [0.2, 0.25) is 10.0 Å². The maximum absolute atomic E-state index is 12.3. The summed E-state index contributed by atoms with van der Waals surface area (Å²) in [5.74, 6) is -0.187. The molecule has 1 saturated heterocycles. The third-order valence-electron chi connectivity index (χ3n) is 4.65. The van der Waals surface area contributed by atoms with Crippen LogP contribution in [0.25, 0.3) is 0 Å². The van der Waals surface area contributed by atoms with Gasteiger partial charge in [-0.25, -0.2) is 8.42 Å². The van der Waals surface area contributed by atoms with Crippen molar-refractivity contribution in [1.82, 2.24) is 9.62 Å². The Kier molecular flexibility index (Phi) is 5.10. The minimum Gasteiger partial charge on any atom is -0.350 e. The molecule has 0 aromatic heterocycles. The molecule has 0 unspecified atom stereocenters. The summed E-state index contributed by atoms with van der Waals surface area (Å²) in [6, 6.07) is 7.17. The number of carbonyl (C=O) groups is 1. The molecule has 2 heterocycles. The van der Waals surface area contributed by atoms with Crippen LogP contribution in [0.2, 0.25) is 0 Å². The Hall–Kier alpha value is -1.93.